The summed E-state index contributed by atoms with van der Waals surface area (Å²) in [5.41, 5.74) is 0.240. The summed E-state index contributed by atoms with van der Waals surface area (Å²) in [6.45, 7) is 2.10. The lowest BCUT2D eigenvalue weighted by molar-refractivity contribution is -0.174. The van der Waals surface area contributed by atoms with Gasteiger partial charge in [-0.15, -0.1) is 11.8 Å². The molecule has 1 aromatic rings. The molecule has 132 valence electrons. The molecule has 2 aliphatic heterocycles. The van der Waals surface area contributed by atoms with Crippen molar-refractivity contribution in [3.8, 4) is 0 Å². The molecular formula is C18H25NO4S. The largest absolute Gasteiger partial charge is 0.396 e. The summed E-state index contributed by atoms with van der Waals surface area (Å²) >= 11 is 1.57. The Balaban J connectivity index is 1.58. The molecule has 2 heterocycles. The van der Waals surface area contributed by atoms with Crippen molar-refractivity contribution in [1.82, 2.24) is 4.90 Å². The van der Waals surface area contributed by atoms with Crippen LogP contribution in [0.5, 0.6) is 0 Å². The Morgan fingerprint density at radius 3 is 2.62 bits per heavy atom. The molecule has 0 saturated carbocycles. The molecule has 5 nitrogen and oxygen atoms in total. The minimum atomic E-state index is -0.445. The number of hydrogen-bond acceptors (Lipinski definition) is 5. The summed E-state index contributed by atoms with van der Waals surface area (Å²) in [6.07, 6.45) is 2.69. The van der Waals surface area contributed by atoms with Crippen molar-refractivity contribution in [2.45, 2.75) is 42.3 Å². The van der Waals surface area contributed by atoms with Crippen LogP contribution in [0.3, 0.4) is 0 Å². The van der Waals surface area contributed by atoms with Gasteiger partial charge in [-0.1, -0.05) is 0 Å². The monoisotopic (exact) mass is 351 g/mol. The third-order valence-electron chi connectivity index (χ3n) is 4.98. The van der Waals surface area contributed by atoms with E-state index in [9.17, 15) is 9.90 Å². The fourth-order valence-corrected chi connectivity index (χ4v) is 4.17. The lowest BCUT2D eigenvalue weighted by Gasteiger charge is -2.46. The Kier molecular flexibility index (Phi) is 5.81. The van der Waals surface area contributed by atoms with Crippen LogP contribution in [0.15, 0.2) is 29.2 Å². The van der Waals surface area contributed by atoms with E-state index in [-0.39, 0.29) is 12.5 Å². The number of aliphatic hydroxyl groups is 2. The summed E-state index contributed by atoms with van der Waals surface area (Å²) in [5, 5.41) is 19.1. The Hall–Kier alpha value is -1.08. The maximum Gasteiger partial charge on any atom is 0.253 e. The second-order valence-electron chi connectivity index (χ2n) is 6.46. The Morgan fingerprint density at radius 1 is 1.29 bits per heavy atom. The van der Waals surface area contributed by atoms with Gasteiger partial charge in [0.05, 0.1) is 18.3 Å². The minimum Gasteiger partial charge on any atom is -0.396 e. The molecule has 0 aliphatic carbocycles. The molecule has 2 fully saturated rings. The van der Waals surface area contributed by atoms with Gasteiger partial charge < -0.3 is 19.8 Å². The van der Waals surface area contributed by atoms with Crippen molar-refractivity contribution in [1.29, 1.82) is 0 Å². The molecular weight excluding hydrogens is 326 g/mol. The predicted octanol–water partition coefficient (Wildman–Crippen LogP) is 1.92. The molecule has 24 heavy (non-hydrogen) atoms. The molecule has 6 heteroatoms. The van der Waals surface area contributed by atoms with Crippen LogP contribution in [0.2, 0.25) is 0 Å². The second kappa shape index (κ2) is 7.87. The molecule has 1 atom stereocenters. The van der Waals surface area contributed by atoms with Crippen LogP contribution in [0.1, 0.15) is 36.0 Å². The maximum atomic E-state index is 12.7. The van der Waals surface area contributed by atoms with Crippen molar-refractivity contribution in [2.24, 2.45) is 0 Å². The molecule has 2 saturated heterocycles. The number of rotatable bonds is 4. The lowest BCUT2D eigenvalue weighted by atomic mass is 9.82. The van der Waals surface area contributed by atoms with Crippen molar-refractivity contribution in [3.05, 3.63) is 29.8 Å². The van der Waals surface area contributed by atoms with E-state index in [2.05, 4.69) is 0 Å². The third kappa shape index (κ3) is 3.77. The first kappa shape index (κ1) is 17.7. The minimum absolute atomic E-state index is 0.0360. The topological polar surface area (TPSA) is 70.0 Å². The molecule has 1 spiro atoms. The molecule has 0 radical (unpaired) electrons. The summed E-state index contributed by atoms with van der Waals surface area (Å²) in [6, 6.07) is 7.54. The number of thioether (sulfide) groups is 1. The van der Waals surface area contributed by atoms with Crippen LogP contribution in [-0.2, 0) is 4.74 Å². The van der Waals surface area contributed by atoms with Gasteiger partial charge in [0.1, 0.15) is 0 Å². The smallest absolute Gasteiger partial charge is 0.253 e. The summed E-state index contributed by atoms with van der Waals surface area (Å²) in [7, 11) is 0. The lowest BCUT2D eigenvalue weighted by Crippen LogP contribution is -2.56. The molecule has 1 amide bonds. The zero-order valence-corrected chi connectivity index (χ0v) is 14.6. The van der Waals surface area contributed by atoms with E-state index in [0.29, 0.717) is 43.9 Å². The fraction of sp³-hybridized carbons (Fsp3) is 0.611. The van der Waals surface area contributed by atoms with Gasteiger partial charge in [-0.25, -0.2) is 0 Å². The molecule has 1 aromatic carbocycles. The molecule has 2 N–H and O–H groups in total. The van der Waals surface area contributed by atoms with E-state index in [1.54, 1.807) is 11.8 Å². The van der Waals surface area contributed by atoms with Crippen LogP contribution < -0.4 is 0 Å². The quantitative estimate of drug-likeness (QED) is 0.811. The number of carbonyl (C=O) groups is 1. The number of nitrogens with zero attached hydrogens (tertiary/aromatic N) is 1. The van der Waals surface area contributed by atoms with Crippen molar-refractivity contribution < 1.29 is 19.7 Å². The SMILES string of the molecule is O=C(c1ccc(SCCO)cc1)N1CCC2(CC1)OCCCC2O. The van der Waals surface area contributed by atoms with Gasteiger partial charge in [0.15, 0.2) is 0 Å². The first-order chi connectivity index (χ1) is 11.6. The van der Waals surface area contributed by atoms with Gasteiger partial charge in [0.25, 0.3) is 5.91 Å². The average molecular weight is 351 g/mol. The van der Waals surface area contributed by atoms with Gasteiger partial charge in [-0.3, -0.25) is 4.79 Å². The van der Waals surface area contributed by atoms with E-state index in [1.165, 1.54) is 0 Å². The number of likely N-dealkylation sites (tertiary alicyclic amines) is 1. The number of amides is 1. The number of benzene rings is 1. The highest BCUT2D eigenvalue weighted by atomic mass is 32.2. The van der Waals surface area contributed by atoms with E-state index in [1.807, 2.05) is 29.2 Å². The average Bonchev–Trinajstić information content (AvgIpc) is 2.63. The van der Waals surface area contributed by atoms with Crippen LogP contribution in [0, 0.1) is 0 Å². The number of aliphatic hydroxyl groups excluding tert-OH is 2. The maximum absolute atomic E-state index is 12.7. The highest BCUT2D eigenvalue weighted by Gasteiger charge is 2.44. The summed E-state index contributed by atoms with van der Waals surface area (Å²) < 4.78 is 5.89. The Labute approximate surface area is 147 Å². The Bertz CT molecular complexity index is 555. The van der Waals surface area contributed by atoms with Crippen LogP contribution >= 0.6 is 11.8 Å². The van der Waals surface area contributed by atoms with Gasteiger partial charge in [-0.2, -0.15) is 0 Å². The molecule has 3 rings (SSSR count). The standard InChI is InChI=1S/C18H25NO4S/c20-11-13-24-15-5-3-14(4-6-15)17(22)19-9-7-18(8-10-19)16(21)2-1-12-23-18/h3-6,16,20-21H,1-2,7-13H2. The van der Waals surface area contributed by atoms with Gasteiger partial charge in [0.2, 0.25) is 0 Å². The van der Waals surface area contributed by atoms with Crippen LogP contribution in [0.25, 0.3) is 0 Å². The summed E-state index contributed by atoms with van der Waals surface area (Å²) in [5.74, 6) is 0.693. The highest BCUT2D eigenvalue weighted by Crippen LogP contribution is 2.35. The molecule has 2 aliphatic rings. The van der Waals surface area contributed by atoms with Crippen molar-refractivity contribution in [2.75, 3.05) is 32.1 Å². The van der Waals surface area contributed by atoms with Gasteiger partial charge in [0, 0.05) is 35.9 Å². The zero-order valence-electron chi connectivity index (χ0n) is 13.8. The number of ether oxygens (including phenoxy) is 1. The van der Waals surface area contributed by atoms with E-state index >= 15 is 0 Å². The first-order valence-electron chi connectivity index (χ1n) is 8.60. The van der Waals surface area contributed by atoms with Gasteiger partial charge >= 0.3 is 0 Å². The number of carbonyl (C=O) groups excluding carboxylic acids is 1. The predicted molar refractivity (Wildman–Crippen MR) is 93.3 cm³/mol. The van der Waals surface area contributed by atoms with Crippen LogP contribution in [0.4, 0.5) is 0 Å². The normalized spacial score (nSPS) is 23.4. The third-order valence-corrected chi connectivity index (χ3v) is 5.97. The molecule has 0 bridgehead atoms. The number of hydrogen-bond donors (Lipinski definition) is 2. The van der Waals surface area contributed by atoms with Crippen molar-refractivity contribution >= 4 is 17.7 Å². The Morgan fingerprint density at radius 2 is 2.00 bits per heavy atom. The van der Waals surface area contributed by atoms with E-state index < -0.39 is 11.7 Å². The van der Waals surface area contributed by atoms with E-state index in [0.717, 1.165) is 17.7 Å². The fourth-order valence-electron chi connectivity index (χ4n) is 3.52. The second-order valence-corrected chi connectivity index (χ2v) is 7.63. The van der Waals surface area contributed by atoms with Gasteiger partial charge in [-0.05, 0) is 49.9 Å². The van der Waals surface area contributed by atoms with E-state index in [4.69, 9.17) is 9.84 Å². The first-order valence-corrected chi connectivity index (χ1v) is 9.58. The van der Waals surface area contributed by atoms with Crippen LogP contribution in [-0.4, -0.2) is 64.8 Å². The highest BCUT2D eigenvalue weighted by molar-refractivity contribution is 7.99. The summed E-state index contributed by atoms with van der Waals surface area (Å²) in [4.78, 5) is 15.6. The zero-order chi connectivity index (χ0) is 17.0. The molecule has 1 unspecified atom stereocenters. The molecule has 0 aromatic heterocycles. The number of piperidine rings is 1. The van der Waals surface area contributed by atoms with Crippen molar-refractivity contribution in [3.63, 3.8) is 0 Å².